The van der Waals surface area contributed by atoms with Gasteiger partial charge in [-0.15, -0.1) is 0 Å². The Morgan fingerprint density at radius 3 is 2.15 bits per heavy atom. The van der Waals surface area contributed by atoms with E-state index in [1.54, 1.807) is 0 Å². The summed E-state index contributed by atoms with van der Waals surface area (Å²) in [5.41, 5.74) is 0. The van der Waals surface area contributed by atoms with Crippen molar-refractivity contribution in [1.82, 2.24) is 5.32 Å². The van der Waals surface area contributed by atoms with Gasteiger partial charge in [0.15, 0.2) is 6.61 Å². The van der Waals surface area contributed by atoms with Crippen LogP contribution >= 0.6 is 0 Å². The first kappa shape index (κ1) is 15.3. The Balaban J connectivity index is 1.58. The number of carbonyl (C=O) groups excluding carboxylic acids is 2. The summed E-state index contributed by atoms with van der Waals surface area (Å²) in [7, 11) is 0. The third kappa shape index (κ3) is 5.14. The highest BCUT2D eigenvalue weighted by Crippen LogP contribution is 2.24. The quantitative estimate of drug-likeness (QED) is 0.788. The van der Waals surface area contributed by atoms with Crippen molar-refractivity contribution in [2.75, 3.05) is 13.2 Å². The van der Waals surface area contributed by atoms with E-state index in [4.69, 9.17) is 4.74 Å². The fraction of sp³-hybridized carbons (Fsp3) is 0.875. The van der Waals surface area contributed by atoms with Gasteiger partial charge >= 0.3 is 5.97 Å². The second kappa shape index (κ2) is 8.28. The Kier molecular flexibility index (Phi) is 6.34. The monoisotopic (exact) mass is 281 g/mol. The first-order valence-electron chi connectivity index (χ1n) is 8.19. The average molecular weight is 281 g/mol. The molecule has 4 nitrogen and oxygen atoms in total. The van der Waals surface area contributed by atoms with E-state index in [0.29, 0.717) is 5.92 Å². The molecule has 0 aliphatic heterocycles. The van der Waals surface area contributed by atoms with Gasteiger partial charge in [0, 0.05) is 6.54 Å². The van der Waals surface area contributed by atoms with Crippen molar-refractivity contribution >= 4 is 11.9 Å². The van der Waals surface area contributed by atoms with Crippen LogP contribution in [0.1, 0.15) is 64.2 Å². The van der Waals surface area contributed by atoms with E-state index >= 15 is 0 Å². The minimum absolute atomic E-state index is 0.0231. The van der Waals surface area contributed by atoms with Gasteiger partial charge in [-0.25, -0.2) is 0 Å². The summed E-state index contributed by atoms with van der Waals surface area (Å²) in [6.07, 6.45) is 11.6. The minimum atomic E-state index is -0.183. The fourth-order valence-corrected chi connectivity index (χ4v) is 3.29. The zero-order valence-electron chi connectivity index (χ0n) is 12.4. The molecule has 0 aromatic carbocycles. The summed E-state index contributed by atoms with van der Waals surface area (Å²) in [5.74, 6) is 0.300. The molecule has 0 radical (unpaired) electrons. The van der Waals surface area contributed by atoms with Crippen molar-refractivity contribution in [2.45, 2.75) is 64.2 Å². The Labute approximate surface area is 121 Å². The van der Waals surface area contributed by atoms with Gasteiger partial charge in [-0.1, -0.05) is 38.5 Å². The van der Waals surface area contributed by atoms with Gasteiger partial charge in [-0.3, -0.25) is 9.59 Å². The summed E-state index contributed by atoms with van der Waals surface area (Å²) >= 11 is 0. The molecule has 0 unspecified atom stereocenters. The summed E-state index contributed by atoms with van der Waals surface area (Å²) < 4.78 is 5.13. The normalized spacial score (nSPS) is 21.4. The number of hydrogen-bond acceptors (Lipinski definition) is 3. The molecule has 0 bridgehead atoms. The second-order valence-corrected chi connectivity index (χ2v) is 6.25. The summed E-state index contributed by atoms with van der Waals surface area (Å²) in [6.45, 7) is 0.627. The van der Waals surface area contributed by atoms with Gasteiger partial charge in [-0.2, -0.15) is 0 Å². The summed E-state index contributed by atoms with van der Waals surface area (Å²) in [4.78, 5) is 23.5. The standard InChI is InChI=1S/C16H27NO3/c18-15(17-11-13-7-3-1-4-8-13)12-20-16(19)14-9-5-2-6-10-14/h13-14H,1-12H2,(H,17,18). The lowest BCUT2D eigenvalue weighted by molar-refractivity contribution is -0.153. The molecule has 2 aliphatic carbocycles. The Morgan fingerprint density at radius 1 is 0.900 bits per heavy atom. The lowest BCUT2D eigenvalue weighted by Gasteiger charge is -2.22. The van der Waals surface area contributed by atoms with Gasteiger partial charge in [0.2, 0.25) is 0 Å². The molecule has 1 amide bonds. The highest BCUT2D eigenvalue weighted by molar-refractivity contribution is 5.81. The van der Waals surface area contributed by atoms with Crippen molar-refractivity contribution in [3.8, 4) is 0 Å². The predicted molar refractivity (Wildman–Crippen MR) is 77.1 cm³/mol. The van der Waals surface area contributed by atoms with Crippen molar-refractivity contribution in [3.05, 3.63) is 0 Å². The van der Waals surface area contributed by atoms with E-state index in [0.717, 1.165) is 32.2 Å². The van der Waals surface area contributed by atoms with Gasteiger partial charge in [0.05, 0.1) is 5.92 Å². The molecule has 2 rings (SSSR count). The number of carbonyl (C=O) groups is 2. The molecule has 4 heteroatoms. The summed E-state index contributed by atoms with van der Waals surface area (Å²) in [5, 5.41) is 2.89. The molecular formula is C16H27NO3. The molecule has 2 fully saturated rings. The van der Waals surface area contributed by atoms with E-state index < -0.39 is 0 Å². The number of nitrogens with one attached hydrogen (secondary N) is 1. The Bertz CT molecular complexity index is 318. The van der Waals surface area contributed by atoms with E-state index in [1.807, 2.05) is 0 Å². The molecule has 2 saturated carbocycles. The van der Waals surface area contributed by atoms with Crippen LogP contribution < -0.4 is 5.32 Å². The van der Waals surface area contributed by atoms with Gasteiger partial charge in [0.25, 0.3) is 5.91 Å². The highest BCUT2D eigenvalue weighted by atomic mass is 16.5. The molecule has 1 N–H and O–H groups in total. The molecular weight excluding hydrogens is 254 g/mol. The number of esters is 1. The second-order valence-electron chi connectivity index (χ2n) is 6.25. The van der Waals surface area contributed by atoms with E-state index in [-0.39, 0.29) is 24.4 Å². The van der Waals surface area contributed by atoms with Crippen LogP contribution in [0.5, 0.6) is 0 Å². The molecule has 0 aromatic heterocycles. The molecule has 0 atom stereocenters. The lowest BCUT2D eigenvalue weighted by Crippen LogP contribution is -2.34. The maximum atomic E-state index is 11.8. The van der Waals surface area contributed by atoms with E-state index in [1.165, 1.54) is 38.5 Å². The van der Waals surface area contributed by atoms with Crippen molar-refractivity contribution in [2.24, 2.45) is 11.8 Å². The smallest absolute Gasteiger partial charge is 0.309 e. The fourth-order valence-electron chi connectivity index (χ4n) is 3.29. The lowest BCUT2D eigenvalue weighted by atomic mass is 9.89. The Morgan fingerprint density at radius 2 is 1.50 bits per heavy atom. The maximum Gasteiger partial charge on any atom is 0.309 e. The zero-order valence-corrected chi connectivity index (χ0v) is 12.4. The van der Waals surface area contributed by atoms with Crippen LogP contribution in [0.15, 0.2) is 0 Å². The first-order chi connectivity index (χ1) is 9.75. The molecule has 0 aromatic rings. The average Bonchev–Trinajstić information content (AvgIpc) is 2.52. The topological polar surface area (TPSA) is 55.4 Å². The zero-order chi connectivity index (χ0) is 14.2. The van der Waals surface area contributed by atoms with Crippen molar-refractivity contribution in [1.29, 1.82) is 0 Å². The Hall–Kier alpha value is -1.06. The van der Waals surface area contributed by atoms with Gasteiger partial charge < -0.3 is 10.1 Å². The maximum absolute atomic E-state index is 11.8. The molecule has 0 heterocycles. The van der Waals surface area contributed by atoms with E-state index in [2.05, 4.69) is 5.32 Å². The summed E-state index contributed by atoms with van der Waals surface area (Å²) in [6, 6.07) is 0. The number of hydrogen-bond donors (Lipinski definition) is 1. The number of rotatable bonds is 5. The van der Waals surface area contributed by atoms with Gasteiger partial charge in [-0.05, 0) is 31.6 Å². The van der Waals surface area contributed by atoms with Crippen LogP contribution in [0.4, 0.5) is 0 Å². The highest BCUT2D eigenvalue weighted by Gasteiger charge is 2.23. The van der Waals surface area contributed by atoms with Crippen LogP contribution in [-0.2, 0) is 14.3 Å². The van der Waals surface area contributed by atoms with Crippen molar-refractivity contribution < 1.29 is 14.3 Å². The molecule has 114 valence electrons. The third-order valence-corrected chi connectivity index (χ3v) is 4.60. The van der Waals surface area contributed by atoms with Crippen LogP contribution in [0.2, 0.25) is 0 Å². The van der Waals surface area contributed by atoms with Crippen LogP contribution in [0, 0.1) is 11.8 Å². The molecule has 0 saturated heterocycles. The number of ether oxygens (including phenoxy) is 1. The predicted octanol–water partition coefficient (Wildman–Crippen LogP) is 2.81. The largest absolute Gasteiger partial charge is 0.455 e. The van der Waals surface area contributed by atoms with E-state index in [9.17, 15) is 9.59 Å². The molecule has 20 heavy (non-hydrogen) atoms. The number of amides is 1. The minimum Gasteiger partial charge on any atom is -0.455 e. The van der Waals surface area contributed by atoms with Crippen LogP contribution in [-0.4, -0.2) is 25.0 Å². The third-order valence-electron chi connectivity index (χ3n) is 4.60. The van der Waals surface area contributed by atoms with Crippen LogP contribution in [0.3, 0.4) is 0 Å². The molecule has 2 aliphatic rings. The van der Waals surface area contributed by atoms with Crippen molar-refractivity contribution in [3.63, 3.8) is 0 Å². The molecule has 0 spiro atoms. The van der Waals surface area contributed by atoms with Gasteiger partial charge in [0.1, 0.15) is 0 Å². The SMILES string of the molecule is O=C(COC(=O)C1CCCCC1)NCC1CCCCC1. The van der Waals surface area contributed by atoms with Crippen LogP contribution in [0.25, 0.3) is 0 Å². The first-order valence-corrected chi connectivity index (χ1v) is 8.19.